The molecule has 2 aliphatic rings. The zero-order valence-electron chi connectivity index (χ0n) is 17.6. The molecule has 4 rings (SSSR count). The van der Waals surface area contributed by atoms with Gasteiger partial charge in [0, 0.05) is 32.7 Å². The molecule has 0 aromatic carbocycles. The molecule has 2 aromatic rings. The van der Waals surface area contributed by atoms with Gasteiger partial charge < -0.3 is 19.3 Å². The summed E-state index contributed by atoms with van der Waals surface area (Å²) in [6.45, 7) is 8.02. The Bertz CT molecular complexity index is 1180. The second kappa shape index (κ2) is 8.06. The molecule has 0 radical (unpaired) electrons. The van der Waals surface area contributed by atoms with Crippen molar-refractivity contribution in [3.05, 3.63) is 52.5 Å². The van der Waals surface area contributed by atoms with Gasteiger partial charge in [-0.05, 0) is 23.8 Å². The Labute approximate surface area is 185 Å². The number of carbonyl (C=O) groups excluding carboxylic acids is 1. The first-order valence-corrected chi connectivity index (χ1v) is 14.0. The average Bonchev–Trinajstić information content (AvgIpc) is 3.29. The molecular formula is C21H23ClN4O4Si. The van der Waals surface area contributed by atoms with Crippen LogP contribution in [0.25, 0.3) is 11.2 Å². The van der Waals surface area contributed by atoms with Crippen molar-refractivity contribution in [3.63, 3.8) is 0 Å². The summed E-state index contributed by atoms with van der Waals surface area (Å²) in [5.74, 6) is -0.825. The highest BCUT2D eigenvalue weighted by atomic mass is 35.5. The van der Waals surface area contributed by atoms with Crippen LogP contribution in [-0.4, -0.2) is 52.6 Å². The molecule has 1 N–H and O–H groups in total. The number of nitrogens with zero attached hydrogens (tertiary/aromatic N) is 4. The van der Waals surface area contributed by atoms with E-state index in [2.05, 4.69) is 29.6 Å². The van der Waals surface area contributed by atoms with Crippen molar-refractivity contribution in [2.75, 3.05) is 18.1 Å². The lowest BCUT2D eigenvalue weighted by Gasteiger charge is -2.16. The first-order chi connectivity index (χ1) is 14.6. The van der Waals surface area contributed by atoms with E-state index < -0.39 is 14.0 Å². The van der Waals surface area contributed by atoms with Crippen molar-refractivity contribution in [3.8, 4) is 0 Å². The van der Waals surface area contributed by atoms with Crippen LogP contribution in [0.15, 0.2) is 46.9 Å². The molecular weight excluding hydrogens is 436 g/mol. The van der Waals surface area contributed by atoms with Crippen molar-refractivity contribution < 1.29 is 19.4 Å². The molecule has 162 valence electrons. The van der Waals surface area contributed by atoms with Crippen molar-refractivity contribution in [2.24, 2.45) is 0 Å². The molecule has 0 bridgehead atoms. The summed E-state index contributed by atoms with van der Waals surface area (Å²) in [7, 11) is -1.21. The molecule has 1 aliphatic heterocycles. The highest BCUT2D eigenvalue weighted by Crippen LogP contribution is 2.33. The third-order valence-electron chi connectivity index (χ3n) is 5.17. The number of rotatable bonds is 7. The lowest BCUT2D eigenvalue weighted by Crippen LogP contribution is -2.22. The van der Waals surface area contributed by atoms with Gasteiger partial charge in [-0.1, -0.05) is 31.2 Å². The number of ether oxygens (including phenoxy) is 1. The van der Waals surface area contributed by atoms with E-state index >= 15 is 0 Å². The quantitative estimate of drug-likeness (QED) is 0.498. The predicted octanol–water partition coefficient (Wildman–Crippen LogP) is 3.78. The monoisotopic (exact) mass is 458 g/mol. The van der Waals surface area contributed by atoms with Gasteiger partial charge in [-0.15, -0.1) is 0 Å². The molecule has 1 aliphatic carbocycles. The van der Waals surface area contributed by atoms with E-state index in [1.807, 2.05) is 6.20 Å². The van der Waals surface area contributed by atoms with E-state index in [-0.39, 0.29) is 23.1 Å². The van der Waals surface area contributed by atoms with Gasteiger partial charge in [0.25, 0.3) is 0 Å². The normalized spacial score (nSPS) is 16.3. The van der Waals surface area contributed by atoms with Crippen LogP contribution in [0.1, 0.15) is 10.4 Å². The molecule has 3 heterocycles. The second-order valence-corrected chi connectivity index (χ2v) is 14.8. The van der Waals surface area contributed by atoms with E-state index in [1.54, 1.807) is 21.7 Å². The Balaban J connectivity index is 1.61. The molecule has 8 nitrogen and oxygen atoms in total. The minimum absolute atomic E-state index is 0.0646. The van der Waals surface area contributed by atoms with Gasteiger partial charge >= 0.3 is 5.97 Å². The van der Waals surface area contributed by atoms with Crippen LogP contribution < -0.4 is 4.90 Å². The Kier molecular flexibility index (Phi) is 5.59. The summed E-state index contributed by atoms with van der Waals surface area (Å²) < 4.78 is 7.44. The van der Waals surface area contributed by atoms with Crippen LogP contribution in [0, 0.1) is 0 Å². The van der Waals surface area contributed by atoms with Gasteiger partial charge in [0.15, 0.2) is 17.2 Å². The summed E-state index contributed by atoms with van der Waals surface area (Å²) in [5, 5.41) is 9.84. The molecule has 2 aromatic heterocycles. The largest absolute Gasteiger partial charge is 0.478 e. The standard InChI is InChI=1S/C21H23ClN4O4Si/c1-31(2,3)7-6-30-12-26-11-15(21(28)29)19-20(26)23-8-17(24-19)25-9-13-4-5-16(27)18(22)14(13)10-25/h4-5,8-9,11H,6-7,10,12H2,1-3H3,(H,28,29). The SMILES string of the molecule is C[Si](C)(C)CCOCn1cc(C(=O)O)c2nc(N3C=C4C=CC(=O)C(Cl)=C4C3)cnc21. The summed E-state index contributed by atoms with van der Waals surface area (Å²) in [6, 6.07) is 1.02. The fraction of sp³-hybridized carbons (Fsp3) is 0.333. The van der Waals surface area contributed by atoms with Gasteiger partial charge in [-0.3, -0.25) is 4.79 Å². The Morgan fingerprint density at radius 1 is 1.32 bits per heavy atom. The third-order valence-corrected chi connectivity index (χ3v) is 7.29. The van der Waals surface area contributed by atoms with Crippen LogP contribution in [0.3, 0.4) is 0 Å². The fourth-order valence-corrected chi connectivity index (χ4v) is 4.39. The number of hydrogen-bond donors (Lipinski definition) is 1. The summed E-state index contributed by atoms with van der Waals surface area (Å²) in [6.07, 6.45) is 8.07. The zero-order chi connectivity index (χ0) is 22.3. The zero-order valence-corrected chi connectivity index (χ0v) is 19.3. The fourth-order valence-electron chi connectivity index (χ4n) is 3.40. The molecule has 0 fully saturated rings. The highest BCUT2D eigenvalue weighted by molar-refractivity contribution is 6.76. The lowest BCUT2D eigenvalue weighted by atomic mass is 10.0. The van der Waals surface area contributed by atoms with Gasteiger partial charge in [0.2, 0.25) is 0 Å². The maximum absolute atomic E-state index is 11.8. The molecule has 0 atom stereocenters. The molecule has 0 saturated heterocycles. The van der Waals surface area contributed by atoms with Crippen LogP contribution in [0.4, 0.5) is 5.82 Å². The van der Waals surface area contributed by atoms with Crippen LogP contribution in [0.2, 0.25) is 25.7 Å². The van der Waals surface area contributed by atoms with E-state index in [1.165, 1.54) is 12.3 Å². The molecule has 0 unspecified atom stereocenters. The maximum Gasteiger partial charge on any atom is 0.339 e. The molecule has 31 heavy (non-hydrogen) atoms. The topological polar surface area (TPSA) is 97.5 Å². The number of carboxylic acid groups (broad SMARTS) is 1. The average molecular weight is 459 g/mol. The van der Waals surface area contributed by atoms with Crippen molar-refractivity contribution in [1.82, 2.24) is 14.5 Å². The molecule has 0 spiro atoms. The predicted molar refractivity (Wildman–Crippen MR) is 121 cm³/mol. The van der Waals surface area contributed by atoms with Gasteiger partial charge in [0.1, 0.15) is 17.8 Å². The number of halogens is 1. The van der Waals surface area contributed by atoms with Gasteiger partial charge in [-0.25, -0.2) is 14.8 Å². The number of ketones is 1. The summed E-state index contributed by atoms with van der Waals surface area (Å²) >= 11 is 6.16. The number of allylic oxidation sites excluding steroid dienone is 3. The van der Waals surface area contributed by atoms with Crippen LogP contribution >= 0.6 is 11.6 Å². The Morgan fingerprint density at radius 3 is 2.81 bits per heavy atom. The lowest BCUT2D eigenvalue weighted by molar-refractivity contribution is -0.110. The number of fused-ring (bicyclic) bond motifs is 2. The number of anilines is 1. The first-order valence-electron chi connectivity index (χ1n) is 9.91. The Hall–Kier alpha value is -2.75. The minimum atomic E-state index is -1.21. The molecule has 0 amide bonds. The van der Waals surface area contributed by atoms with Crippen molar-refractivity contribution >= 4 is 48.4 Å². The summed E-state index contributed by atoms with van der Waals surface area (Å²) in [5.41, 5.74) is 2.36. The number of carbonyl (C=O) groups is 2. The smallest absolute Gasteiger partial charge is 0.339 e. The maximum atomic E-state index is 11.8. The van der Waals surface area contributed by atoms with Crippen molar-refractivity contribution in [2.45, 2.75) is 32.4 Å². The number of aromatic carboxylic acids is 1. The van der Waals surface area contributed by atoms with Crippen LogP contribution in [-0.2, 0) is 16.3 Å². The summed E-state index contributed by atoms with van der Waals surface area (Å²) in [4.78, 5) is 34.4. The van der Waals surface area contributed by atoms with Gasteiger partial charge in [-0.2, -0.15) is 0 Å². The van der Waals surface area contributed by atoms with E-state index in [9.17, 15) is 14.7 Å². The van der Waals surface area contributed by atoms with E-state index in [0.717, 1.165) is 17.2 Å². The van der Waals surface area contributed by atoms with Crippen molar-refractivity contribution in [1.29, 1.82) is 0 Å². The first kappa shape index (κ1) is 21.5. The minimum Gasteiger partial charge on any atom is -0.478 e. The molecule has 10 heteroatoms. The van der Waals surface area contributed by atoms with Gasteiger partial charge in [0.05, 0.1) is 17.8 Å². The number of aromatic nitrogens is 3. The van der Waals surface area contributed by atoms with Crippen LogP contribution in [0.5, 0.6) is 0 Å². The van der Waals surface area contributed by atoms with E-state index in [4.69, 9.17) is 16.3 Å². The number of carboxylic acids is 1. The molecule has 0 saturated carbocycles. The van der Waals surface area contributed by atoms with E-state index in [0.29, 0.717) is 30.1 Å². The third kappa shape index (κ3) is 4.34. The number of hydrogen-bond acceptors (Lipinski definition) is 6. The second-order valence-electron chi connectivity index (χ2n) is 8.77. The Morgan fingerprint density at radius 2 is 2.10 bits per heavy atom. The highest BCUT2D eigenvalue weighted by Gasteiger charge is 2.27.